The molecule has 10 atom stereocenters. The second-order valence-electron chi connectivity index (χ2n) is 13.3. The van der Waals surface area contributed by atoms with Gasteiger partial charge in [-0.3, -0.25) is 5.26 Å². The quantitative estimate of drug-likeness (QED) is 0.251. The first-order chi connectivity index (χ1) is 16.0. The number of rotatable bonds is 7. The second-order valence-corrected chi connectivity index (χ2v) is 13.3. The summed E-state index contributed by atoms with van der Waals surface area (Å²) < 4.78 is 0. The van der Waals surface area contributed by atoms with Crippen LogP contribution in [0.2, 0.25) is 0 Å². The van der Waals surface area contributed by atoms with Crippen LogP contribution in [0, 0.1) is 40.4 Å². The van der Waals surface area contributed by atoms with Crippen LogP contribution < -0.4 is 0 Å². The molecular weight excluding hydrogens is 428 g/mol. The van der Waals surface area contributed by atoms with Crippen LogP contribution >= 0.6 is 0 Å². The summed E-state index contributed by atoms with van der Waals surface area (Å²) in [6, 6.07) is 0. The van der Waals surface area contributed by atoms with Gasteiger partial charge < -0.3 is 5.11 Å². The molecule has 0 aromatic carbocycles. The summed E-state index contributed by atoms with van der Waals surface area (Å²) in [6.45, 7) is 15.4. The fraction of sp³-hybridized carbons (Fsp3) is 0.862. The minimum absolute atomic E-state index is 0.0174. The summed E-state index contributed by atoms with van der Waals surface area (Å²) in [6.07, 6.45) is 15.1. The third-order valence-electron chi connectivity index (χ3n) is 11.9. The highest BCUT2D eigenvalue weighted by Crippen LogP contribution is 2.72. The summed E-state index contributed by atoms with van der Waals surface area (Å²) in [5.41, 5.74) is -1.30. The monoisotopic (exact) mass is 474 g/mol. The van der Waals surface area contributed by atoms with Crippen molar-refractivity contribution in [3.8, 4) is 0 Å². The zero-order valence-corrected chi connectivity index (χ0v) is 21.9. The molecule has 2 heterocycles. The highest BCUT2D eigenvalue weighted by atomic mass is 17.2. The van der Waals surface area contributed by atoms with Gasteiger partial charge in [0, 0.05) is 23.7 Å². The Hall–Kier alpha value is -0.720. The van der Waals surface area contributed by atoms with E-state index in [1.54, 1.807) is 6.08 Å². The van der Waals surface area contributed by atoms with Crippen LogP contribution in [-0.2, 0) is 14.7 Å². The first kappa shape index (κ1) is 25.0. The van der Waals surface area contributed by atoms with Crippen LogP contribution in [0.5, 0.6) is 0 Å². The Balaban J connectivity index is 1.39. The van der Waals surface area contributed by atoms with E-state index >= 15 is 0 Å². The predicted octanol–water partition coefficient (Wildman–Crippen LogP) is 6.48. The Labute approximate surface area is 205 Å². The van der Waals surface area contributed by atoms with E-state index in [0.29, 0.717) is 30.1 Å². The smallest absolute Gasteiger partial charge is 0.130 e. The van der Waals surface area contributed by atoms with Gasteiger partial charge in [0.15, 0.2) is 0 Å². The lowest BCUT2D eigenvalue weighted by Crippen LogP contribution is -2.73. The van der Waals surface area contributed by atoms with Gasteiger partial charge in [-0.2, -0.15) is 0 Å². The van der Waals surface area contributed by atoms with Crippen molar-refractivity contribution in [2.45, 2.75) is 115 Å². The summed E-state index contributed by atoms with van der Waals surface area (Å²) in [5, 5.41) is 20.1. The highest BCUT2D eigenvalue weighted by Gasteiger charge is 2.74. The largest absolute Gasteiger partial charge is 0.393 e. The lowest BCUT2D eigenvalue weighted by Gasteiger charge is -2.69. The Morgan fingerprint density at radius 3 is 2.47 bits per heavy atom. The summed E-state index contributed by atoms with van der Waals surface area (Å²) in [4.78, 5) is 17.8. The van der Waals surface area contributed by atoms with Gasteiger partial charge in [0.25, 0.3) is 0 Å². The predicted molar refractivity (Wildman–Crippen MR) is 132 cm³/mol. The molecule has 6 aliphatic rings. The molecular formula is C29H46O5. The van der Waals surface area contributed by atoms with E-state index in [2.05, 4.69) is 53.3 Å². The number of aliphatic hydroxyl groups excluding tert-OH is 1. The van der Waals surface area contributed by atoms with Crippen LogP contribution in [0.25, 0.3) is 0 Å². The van der Waals surface area contributed by atoms with Crippen LogP contribution in [0.3, 0.4) is 0 Å². The van der Waals surface area contributed by atoms with E-state index in [1.165, 1.54) is 12.8 Å². The summed E-state index contributed by atoms with van der Waals surface area (Å²) in [7, 11) is 0. The SMILES string of the molecule is C=C[C@@](CCC(C)[C@H]1CCC2[C@@]34C=C[C@]5(C[C@@H](O)CC[C@]5(C)C3CC[C@@]21C)OO4)(OO)C(C)C. The Morgan fingerprint density at radius 2 is 1.85 bits per heavy atom. The minimum atomic E-state index is -0.681. The second kappa shape index (κ2) is 8.14. The Kier molecular flexibility index (Phi) is 5.98. The third-order valence-corrected chi connectivity index (χ3v) is 11.9. The van der Waals surface area contributed by atoms with Crippen LogP contribution in [0.15, 0.2) is 24.8 Å². The topological polar surface area (TPSA) is 68.2 Å². The maximum absolute atomic E-state index is 10.4. The molecule has 6 rings (SSSR count). The molecule has 34 heavy (non-hydrogen) atoms. The van der Waals surface area contributed by atoms with Gasteiger partial charge in [-0.25, -0.2) is 14.7 Å². The molecule has 0 radical (unpaired) electrons. The Morgan fingerprint density at radius 1 is 1.09 bits per heavy atom. The summed E-state index contributed by atoms with van der Waals surface area (Å²) in [5.74, 6) is 2.17. The highest BCUT2D eigenvalue weighted by molar-refractivity contribution is 5.33. The maximum atomic E-state index is 10.4. The Bertz CT molecular complexity index is 840. The van der Waals surface area contributed by atoms with E-state index in [9.17, 15) is 10.4 Å². The van der Waals surface area contributed by atoms with E-state index in [0.717, 1.165) is 38.5 Å². The van der Waals surface area contributed by atoms with Crippen molar-refractivity contribution in [3.05, 3.63) is 24.8 Å². The molecule has 5 heteroatoms. The fourth-order valence-corrected chi connectivity index (χ4v) is 9.54. The van der Waals surface area contributed by atoms with E-state index in [-0.39, 0.29) is 28.5 Å². The molecule has 2 aliphatic heterocycles. The number of hydrogen-bond donors (Lipinski definition) is 2. The number of hydrogen-bond acceptors (Lipinski definition) is 5. The normalized spacial score (nSPS) is 49.8. The first-order valence-electron chi connectivity index (χ1n) is 13.7. The average molecular weight is 475 g/mol. The molecule has 0 aromatic rings. The molecule has 3 saturated carbocycles. The van der Waals surface area contributed by atoms with Crippen LogP contribution in [0.4, 0.5) is 0 Å². The van der Waals surface area contributed by atoms with Crippen molar-refractivity contribution in [1.82, 2.24) is 0 Å². The van der Waals surface area contributed by atoms with Gasteiger partial charge in [0.05, 0.1) is 6.10 Å². The number of aliphatic hydroxyl groups is 1. The van der Waals surface area contributed by atoms with Crippen LogP contribution in [-0.4, -0.2) is 33.3 Å². The van der Waals surface area contributed by atoms with Crippen molar-refractivity contribution >= 4 is 0 Å². The fourth-order valence-electron chi connectivity index (χ4n) is 9.54. The maximum Gasteiger partial charge on any atom is 0.130 e. The average Bonchev–Trinajstić information content (AvgIpc) is 3.18. The van der Waals surface area contributed by atoms with Gasteiger partial charge in [-0.05, 0) is 80.6 Å². The molecule has 0 aromatic heterocycles. The molecule has 2 bridgehead atoms. The molecule has 1 saturated heterocycles. The minimum Gasteiger partial charge on any atom is -0.393 e. The van der Waals surface area contributed by atoms with Gasteiger partial charge in [0.2, 0.25) is 0 Å². The lowest BCUT2D eigenvalue weighted by molar-refractivity contribution is -0.497. The van der Waals surface area contributed by atoms with Crippen molar-refractivity contribution in [1.29, 1.82) is 0 Å². The molecule has 0 amide bonds. The molecule has 3 unspecified atom stereocenters. The molecule has 192 valence electrons. The van der Waals surface area contributed by atoms with E-state index in [1.807, 2.05) is 0 Å². The molecule has 2 N–H and O–H groups in total. The summed E-state index contributed by atoms with van der Waals surface area (Å²) >= 11 is 0. The van der Waals surface area contributed by atoms with Gasteiger partial charge >= 0.3 is 0 Å². The molecule has 4 aliphatic carbocycles. The van der Waals surface area contributed by atoms with Gasteiger partial charge in [0.1, 0.15) is 16.8 Å². The molecule has 5 nitrogen and oxygen atoms in total. The third kappa shape index (κ3) is 3.09. The van der Waals surface area contributed by atoms with E-state index < -0.39 is 11.2 Å². The number of fused-ring (bicyclic) bond motifs is 2. The van der Waals surface area contributed by atoms with Crippen molar-refractivity contribution in [3.63, 3.8) is 0 Å². The standard InChI is InChI=1S/C29H46O5/c1-7-27(32-31,19(2)3)15-10-20(4)22-8-9-23-25(22,5)13-12-24-26(6)14-11-21(30)18-28(26)16-17-29(23,24)34-33-28/h7,16-17,19-24,30-31H,1,8-15,18H2,2-6H3/t20?,21-,22+,23?,24?,25+,26+,27-,28+,29-/m0/s1. The van der Waals surface area contributed by atoms with E-state index in [4.69, 9.17) is 14.7 Å². The molecule has 4 fully saturated rings. The zero-order chi connectivity index (χ0) is 24.6. The van der Waals surface area contributed by atoms with Crippen molar-refractivity contribution in [2.24, 2.45) is 40.4 Å². The first-order valence-corrected chi connectivity index (χ1v) is 13.7. The molecule has 2 spiro atoms. The zero-order valence-electron chi connectivity index (χ0n) is 21.9. The lowest BCUT2D eigenvalue weighted by atomic mass is 9.42. The van der Waals surface area contributed by atoms with Crippen molar-refractivity contribution in [2.75, 3.05) is 0 Å². The van der Waals surface area contributed by atoms with Crippen molar-refractivity contribution < 1.29 is 25.0 Å². The van der Waals surface area contributed by atoms with Gasteiger partial charge in [-0.1, -0.05) is 46.8 Å². The van der Waals surface area contributed by atoms with Crippen LogP contribution in [0.1, 0.15) is 92.4 Å². The van der Waals surface area contributed by atoms with Gasteiger partial charge in [-0.15, -0.1) is 6.58 Å².